The summed E-state index contributed by atoms with van der Waals surface area (Å²) in [5, 5.41) is 0.878. The minimum absolute atomic E-state index is 0.243. The molecule has 0 spiro atoms. The van der Waals surface area contributed by atoms with Crippen LogP contribution in [0.1, 0.15) is 5.56 Å². The Morgan fingerprint density at radius 1 is 1.56 bits per heavy atom. The smallest absolute Gasteiger partial charge is 0.258 e. The Bertz CT molecular complexity index is 639. The zero-order valence-corrected chi connectivity index (χ0v) is 12.0. The minimum Gasteiger partial charge on any atom is -0.258 e. The van der Waals surface area contributed by atoms with E-state index < -0.39 is 10.0 Å². The highest BCUT2D eigenvalue weighted by atomic mass is 35.5. The van der Waals surface area contributed by atoms with E-state index in [0.717, 1.165) is 5.56 Å². The molecule has 18 heavy (non-hydrogen) atoms. The first-order chi connectivity index (χ1) is 8.44. The highest BCUT2D eigenvalue weighted by Crippen LogP contribution is 2.35. The molecule has 4 nitrogen and oxygen atoms in total. The first-order valence-corrected chi connectivity index (χ1v) is 7.78. The molecule has 0 saturated carbocycles. The lowest BCUT2D eigenvalue weighted by Gasteiger charge is -2.19. The summed E-state index contributed by atoms with van der Waals surface area (Å²) in [6, 6.07) is 3.22. The molecule has 1 heterocycles. The Hall–Kier alpha value is -0.980. The maximum absolute atomic E-state index is 12.0. The predicted molar refractivity (Wildman–Crippen MR) is 74.9 cm³/mol. The van der Waals surface area contributed by atoms with Crippen LogP contribution in [0.4, 0.5) is 0 Å². The number of amidine groups is 1. The summed E-state index contributed by atoms with van der Waals surface area (Å²) in [7, 11) is -3.56. The van der Waals surface area contributed by atoms with Crippen molar-refractivity contribution in [1.82, 2.24) is 4.72 Å². The molecule has 1 aliphatic rings. The number of thioether (sulfide) groups is 1. The normalized spacial score (nSPS) is 19.1. The van der Waals surface area contributed by atoms with Crippen LogP contribution in [-0.4, -0.2) is 20.1 Å². The minimum atomic E-state index is -3.56. The van der Waals surface area contributed by atoms with Gasteiger partial charge in [0.2, 0.25) is 0 Å². The maximum Gasteiger partial charge on any atom is 0.264 e. The number of nitrogens with one attached hydrogen (secondary N) is 1. The van der Waals surface area contributed by atoms with Gasteiger partial charge in [0.25, 0.3) is 10.0 Å². The Kier molecular flexibility index (Phi) is 3.70. The van der Waals surface area contributed by atoms with E-state index in [1.165, 1.54) is 11.8 Å². The molecular formula is C11H11ClN2O2S2. The number of fused-ring (bicyclic) bond motifs is 1. The van der Waals surface area contributed by atoms with Crippen LogP contribution in [0.15, 0.2) is 39.6 Å². The molecule has 7 heteroatoms. The van der Waals surface area contributed by atoms with Gasteiger partial charge >= 0.3 is 0 Å². The lowest BCUT2D eigenvalue weighted by atomic mass is 10.2. The van der Waals surface area contributed by atoms with Gasteiger partial charge in [-0.3, -0.25) is 9.71 Å². The third kappa shape index (κ3) is 2.55. The monoisotopic (exact) mass is 302 g/mol. The van der Waals surface area contributed by atoms with E-state index in [1.54, 1.807) is 25.1 Å². The van der Waals surface area contributed by atoms with Gasteiger partial charge in [-0.1, -0.05) is 29.4 Å². The van der Waals surface area contributed by atoms with Gasteiger partial charge in [-0.2, -0.15) is 0 Å². The number of hydrogen-bond acceptors (Lipinski definition) is 4. The third-order valence-corrected chi connectivity index (χ3v) is 5.33. The molecule has 0 unspecified atom stereocenters. The van der Waals surface area contributed by atoms with Gasteiger partial charge < -0.3 is 0 Å². The van der Waals surface area contributed by atoms with Crippen molar-refractivity contribution in [3.05, 3.63) is 35.4 Å². The number of rotatable bonds is 2. The maximum atomic E-state index is 12.0. The molecular weight excluding hydrogens is 292 g/mol. The van der Waals surface area contributed by atoms with Crippen LogP contribution in [-0.2, 0) is 10.0 Å². The van der Waals surface area contributed by atoms with Crippen LogP contribution in [0.2, 0.25) is 5.02 Å². The summed E-state index contributed by atoms with van der Waals surface area (Å²) in [6.07, 6.45) is 1.60. The van der Waals surface area contributed by atoms with Crippen LogP contribution in [0.3, 0.4) is 0 Å². The quantitative estimate of drug-likeness (QED) is 0.854. The summed E-state index contributed by atoms with van der Waals surface area (Å²) in [6.45, 7) is 5.67. The molecule has 0 fully saturated rings. The molecule has 1 aliphatic heterocycles. The topological polar surface area (TPSA) is 58.5 Å². The first kappa shape index (κ1) is 13.5. The van der Waals surface area contributed by atoms with E-state index in [1.807, 2.05) is 0 Å². The van der Waals surface area contributed by atoms with E-state index >= 15 is 0 Å². The summed E-state index contributed by atoms with van der Waals surface area (Å²) in [5.74, 6) is 0. The second-order valence-corrected chi connectivity index (χ2v) is 6.78. The van der Waals surface area contributed by atoms with Gasteiger partial charge in [0, 0.05) is 9.92 Å². The zero-order chi connectivity index (χ0) is 13.3. The van der Waals surface area contributed by atoms with Crippen molar-refractivity contribution in [2.24, 2.45) is 4.99 Å². The van der Waals surface area contributed by atoms with Crippen molar-refractivity contribution in [3.8, 4) is 0 Å². The largest absolute Gasteiger partial charge is 0.264 e. The highest BCUT2D eigenvalue weighted by molar-refractivity contribution is 8.16. The van der Waals surface area contributed by atoms with Crippen LogP contribution in [0.25, 0.3) is 0 Å². The fraction of sp³-hybridized carbons (Fsp3) is 0.182. The number of sulfonamides is 1. The van der Waals surface area contributed by atoms with Gasteiger partial charge in [-0.05, 0) is 24.6 Å². The van der Waals surface area contributed by atoms with E-state index in [2.05, 4.69) is 16.3 Å². The average molecular weight is 303 g/mol. The SMILES string of the molecule is C=CCN=C1NS(=O)(=O)c2cc(C)c(Cl)cc2S1. The van der Waals surface area contributed by atoms with Gasteiger partial charge in [-0.25, -0.2) is 8.42 Å². The Balaban J connectivity index is 2.53. The fourth-order valence-corrected chi connectivity index (χ4v) is 4.36. The van der Waals surface area contributed by atoms with Crippen molar-refractivity contribution < 1.29 is 8.42 Å². The fourth-order valence-electron chi connectivity index (χ4n) is 1.43. The van der Waals surface area contributed by atoms with Crippen LogP contribution in [0, 0.1) is 6.92 Å². The van der Waals surface area contributed by atoms with Gasteiger partial charge in [0.1, 0.15) is 4.90 Å². The van der Waals surface area contributed by atoms with Crippen molar-refractivity contribution in [3.63, 3.8) is 0 Å². The molecule has 2 rings (SSSR count). The van der Waals surface area contributed by atoms with Gasteiger partial charge in [0.05, 0.1) is 6.54 Å². The molecule has 0 amide bonds. The number of hydrogen-bond donors (Lipinski definition) is 1. The molecule has 0 radical (unpaired) electrons. The lowest BCUT2D eigenvalue weighted by Crippen LogP contribution is -2.32. The second kappa shape index (κ2) is 4.95. The molecule has 1 aromatic rings. The standard InChI is InChI=1S/C11H11ClN2O2S2/c1-3-4-13-11-14-18(15,16)10-5-7(2)8(12)6-9(10)17-11/h3,5-6H,1,4H2,2H3,(H,13,14). The molecule has 0 saturated heterocycles. The van der Waals surface area contributed by atoms with Crippen LogP contribution in [0.5, 0.6) is 0 Å². The van der Waals surface area contributed by atoms with Gasteiger partial charge in [-0.15, -0.1) is 6.58 Å². The Labute approximate surface area is 115 Å². The molecule has 1 aromatic carbocycles. The van der Waals surface area contributed by atoms with E-state index in [-0.39, 0.29) is 4.90 Å². The van der Waals surface area contributed by atoms with E-state index in [9.17, 15) is 8.42 Å². The summed E-state index contributed by atoms with van der Waals surface area (Å²) < 4.78 is 26.5. The Morgan fingerprint density at radius 3 is 2.94 bits per heavy atom. The lowest BCUT2D eigenvalue weighted by molar-refractivity contribution is 0.590. The van der Waals surface area contributed by atoms with Crippen LogP contribution < -0.4 is 4.72 Å². The highest BCUT2D eigenvalue weighted by Gasteiger charge is 2.28. The number of aryl methyl sites for hydroxylation is 1. The third-order valence-electron chi connectivity index (χ3n) is 2.31. The van der Waals surface area contributed by atoms with Crippen molar-refractivity contribution >= 4 is 38.6 Å². The summed E-state index contributed by atoms with van der Waals surface area (Å²) >= 11 is 7.26. The predicted octanol–water partition coefficient (Wildman–Crippen LogP) is 2.57. The zero-order valence-electron chi connectivity index (χ0n) is 9.60. The summed E-state index contributed by atoms with van der Waals surface area (Å²) in [4.78, 5) is 4.91. The number of aliphatic imine (C=N–C) groups is 1. The molecule has 0 aliphatic carbocycles. The van der Waals surface area contributed by atoms with Crippen molar-refractivity contribution in [1.29, 1.82) is 0 Å². The Morgan fingerprint density at radius 2 is 2.28 bits per heavy atom. The van der Waals surface area contributed by atoms with E-state index in [4.69, 9.17) is 11.6 Å². The molecule has 0 aromatic heterocycles. The number of halogens is 1. The molecule has 96 valence electrons. The van der Waals surface area contributed by atoms with Crippen LogP contribution >= 0.6 is 23.4 Å². The average Bonchev–Trinajstić information content (AvgIpc) is 2.28. The van der Waals surface area contributed by atoms with Crippen molar-refractivity contribution in [2.45, 2.75) is 16.7 Å². The molecule has 1 N–H and O–H groups in total. The second-order valence-electron chi connectivity index (χ2n) is 3.69. The first-order valence-electron chi connectivity index (χ1n) is 5.10. The summed E-state index contributed by atoms with van der Waals surface area (Å²) in [5.41, 5.74) is 0.730. The van der Waals surface area contributed by atoms with Crippen molar-refractivity contribution in [2.75, 3.05) is 6.54 Å². The molecule has 0 bridgehead atoms. The number of benzene rings is 1. The van der Waals surface area contributed by atoms with Gasteiger partial charge in [0.15, 0.2) is 5.17 Å². The number of nitrogens with zero attached hydrogens (tertiary/aromatic N) is 1. The van der Waals surface area contributed by atoms with E-state index in [0.29, 0.717) is 21.6 Å². The molecule has 0 atom stereocenters.